The molecular weight excluding hydrogens is 950 g/mol. The smallest absolute Gasteiger partial charge is 0.260 e. The van der Waals surface area contributed by atoms with Crippen LogP contribution in [0.4, 0.5) is 24.5 Å². The molecular formula is C56H61F3N10O5. The summed E-state index contributed by atoms with van der Waals surface area (Å²) in [5.41, 5.74) is 5.39. The van der Waals surface area contributed by atoms with Crippen molar-refractivity contribution in [1.82, 2.24) is 39.0 Å². The van der Waals surface area contributed by atoms with Crippen LogP contribution >= 0.6 is 0 Å². The van der Waals surface area contributed by atoms with Gasteiger partial charge < -0.3 is 14.8 Å². The van der Waals surface area contributed by atoms with Gasteiger partial charge in [-0.2, -0.15) is 0 Å². The first-order chi connectivity index (χ1) is 35.7. The molecule has 7 aliphatic rings. The molecule has 9 heterocycles. The van der Waals surface area contributed by atoms with E-state index in [9.17, 15) is 24.0 Å². The van der Waals surface area contributed by atoms with E-state index in [-0.39, 0.29) is 52.6 Å². The second-order valence-electron chi connectivity index (χ2n) is 21.7. The Morgan fingerprint density at radius 1 is 0.892 bits per heavy atom. The topological polar surface area (TPSA) is 148 Å². The highest BCUT2D eigenvalue weighted by molar-refractivity contribution is 6.15. The lowest BCUT2D eigenvalue weighted by Gasteiger charge is -2.42. The zero-order valence-corrected chi connectivity index (χ0v) is 42.1. The number of piperazine rings is 1. The molecule has 6 aliphatic heterocycles. The highest BCUT2D eigenvalue weighted by atomic mass is 19.1. The number of piperidine rings is 2. The summed E-state index contributed by atoms with van der Waals surface area (Å²) >= 11 is 0. The lowest BCUT2D eigenvalue weighted by atomic mass is 9.93. The number of pyridine rings is 2. The average molecular weight is 1010 g/mol. The Kier molecular flexibility index (Phi) is 12.2. The van der Waals surface area contributed by atoms with E-state index in [1.54, 1.807) is 22.1 Å². The number of amides is 4. The Labute approximate surface area is 427 Å². The predicted molar refractivity (Wildman–Crippen MR) is 273 cm³/mol. The second-order valence-corrected chi connectivity index (χ2v) is 21.7. The molecule has 4 amide bonds. The van der Waals surface area contributed by atoms with Gasteiger partial charge >= 0.3 is 0 Å². The first kappa shape index (κ1) is 48.3. The third-order valence-electron chi connectivity index (χ3n) is 17.4. The van der Waals surface area contributed by atoms with Crippen LogP contribution in [0.25, 0.3) is 22.3 Å². The Hall–Kier alpha value is -6.63. The molecule has 12 rings (SSSR count). The van der Waals surface area contributed by atoms with Crippen LogP contribution in [0.5, 0.6) is 0 Å². The van der Waals surface area contributed by atoms with Crippen molar-refractivity contribution < 1.29 is 32.3 Å². The number of rotatable bonds is 10. The highest BCUT2D eigenvalue weighted by Gasteiger charge is 2.61. The fraction of sp³-hybridized carbons (Fsp3) is 0.464. The van der Waals surface area contributed by atoms with Gasteiger partial charge in [-0.3, -0.25) is 53.5 Å². The van der Waals surface area contributed by atoms with Crippen molar-refractivity contribution in [1.29, 1.82) is 0 Å². The Balaban J connectivity index is 0.638. The number of carbonyl (C=O) groups is 4. The maximum atomic E-state index is 16.0. The number of carbonyl (C=O) groups excluding carboxylic acids is 4. The van der Waals surface area contributed by atoms with Gasteiger partial charge in [0.2, 0.25) is 17.7 Å². The molecule has 5 aromatic rings. The summed E-state index contributed by atoms with van der Waals surface area (Å²) in [5, 5.41) is 6.09. The standard InChI is InChI=1S/C56H61F3N10O5/c1-32-28-64(29-35-4-5-45-40(24-35)56(14-15-56)55(74)69(45)46-6-7-48(70)62-52(46)71)22-23-67(32)30-34-10-18-66(19-11-34)53(72)37-25-41(57)49(42(58)26-37)36-12-20-65(21-13-36)33(2)47-27-39-44(9-17-61-51(39)63(47)3)68-31-43(59)50-38(54(68)73)8-16-60-50/h4-5,9,12,17,24-27,31-34,46,60H,6-8,10-11,13-16,18-23,28-30H2,1-3H3,(H,62,70,71)/t32-,33-,46+/m0/s1. The maximum absolute atomic E-state index is 16.0. The van der Waals surface area contributed by atoms with Crippen LogP contribution in [-0.4, -0.2) is 128 Å². The normalized spacial score (nSPS) is 22.8. The maximum Gasteiger partial charge on any atom is 0.260 e. The summed E-state index contributed by atoms with van der Waals surface area (Å²) in [7, 11) is 1.91. The molecule has 1 aliphatic carbocycles. The first-order valence-corrected chi connectivity index (χ1v) is 26.3. The van der Waals surface area contributed by atoms with E-state index < -0.39 is 34.8 Å². The van der Waals surface area contributed by atoms with Crippen molar-refractivity contribution in [3.05, 3.63) is 122 Å². The SMILES string of the molecule is C[C@H]1CN(Cc2ccc3c(c2)C2(CC2)C(=O)N3[C@@H]2CCC(=O)NC2=O)CCN1CC1CCN(C(=O)c2cc(F)c(C3=CCN([C@@H](C)c4cc5c(-n6cc(F)c7c(c6=O)CCN7)ccnc5n4C)CC3)c(F)c2)CC1. The number of aryl methyl sites for hydroxylation is 1. The number of hydrogen-bond donors (Lipinski definition) is 2. The van der Waals surface area contributed by atoms with Crippen LogP contribution in [0.15, 0.2) is 65.7 Å². The van der Waals surface area contributed by atoms with Gasteiger partial charge in [0.1, 0.15) is 23.3 Å². The lowest BCUT2D eigenvalue weighted by molar-refractivity contribution is -0.135. The zero-order valence-electron chi connectivity index (χ0n) is 42.1. The molecule has 1 saturated carbocycles. The predicted octanol–water partition coefficient (Wildman–Crippen LogP) is 6.20. The minimum absolute atomic E-state index is 0.0119. The summed E-state index contributed by atoms with van der Waals surface area (Å²) in [4.78, 5) is 80.7. The molecule has 3 aromatic heterocycles. The molecule has 18 heteroatoms. The van der Waals surface area contributed by atoms with Crippen molar-refractivity contribution in [3.63, 3.8) is 0 Å². The number of fused-ring (bicyclic) bond motifs is 4. The average Bonchev–Trinajstić information content (AvgIpc) is 3.83. The zero-order chi connectivity index (χ0) is 51.3. The van der Waals surface area contributed by atoms with E-state index in [1.165, 1.54) is 22.9 Å². The molecule has 0 bridgehead atoms. The number of halogens is 3. The van der Waals surface area contributed by atoms with E-state index in [4.69, 9.17) is 0 Å². The highest BCUT2D eigenvalue weighted by Crippen LogP contribution is 2.58. The van der Waals surface area contributed by atoms with Crippen molar-refractivity contribution in [2.75, 3.05) is 69.1 Å². The van der Waals surface area contributed by atoms with E-state index in [0.717, 1.165) is 80.9 Å². The fourth-order valence-electron chi connectivity index (χ4n) is 13.0. The number of benzene rings is 2. The van der Waals surface area contributed by atoms with Crippen LogP contribution < -0.4 is 21.1 Å². The molecule has 386 valence electrons. The molecule has 1 spiro atoms. The molecule has 4 fully saturated rings. The van der Waals surface area contributed by atoms with Gasteiger partial charge in [-0.15, -0.1) is 0 Å². The number of imide groups is 1. The second kappa shape index (κ2) is 18.6. The van der Waals surface area contributed by atoms with Gasteiger partial charge in [0.05, 0.1) is 23.0 Å². The van der Waals surface area contributed by atoms with Crippen molar-refractivity contribution in [2.45, 2.75) is 95.3 Å². The van der Waals surface area contributed by atoms with E-state index in [1.807, 2.05) is 29.8 Å². The number of hydrogen-bond acceptors (Lipinski definition) is 10. The van der Waals surface area contributed by atoms with Crippen LogP contribution in [0.1, 0.15) is 103 Å². The quantitative estimate of drug-likeness (QED) is 0.155. The summed E-state index contributed by atoms with van der Waals surface area (Å²) < 4.78 is 50.3. The Bertz CT molecular complexity index is 3240. The molecule has 0 radical (unpaired) electrons. The van der Waals surface area contributed by atoms with Crippen molar-refractivity contribution in [3.8, 4) is 5.69 Å². The molecule has 0 unspecified atom stereocenters. The molecule has 3 atom stereocenters. The number of likely N-dealkylation sites (tertiary alicyclic amines) is 1. The third kappa shape index (κ3) is 8.23. The number of aromatic nitrogens is 3. The largest absolute Gasteiger partial charge is 0.382 e. The van der Waals surface area contributed by atoms with Gasteiger partial charge in [0.25, 0.3) is 11.5 Å². The Morgan fingerprint density at radius 3 is 2.39 bits per heavy atom. The molecule has 2 N–H and O–H groups in total. The Morgan fingerprint density at radius 2 is 1.68 bits per heavy atom. The number of nitrogens with zero attached hydrogens (tertiary/aromatic N) is 8. The minimum Gasteiger partial charge on any atom is -0.382 e. The van der Waals surface area contributed by atoms with Gasteiger partial charge in [-0.1, -0.05) is 18.2 Å². The molecule has 3 saturated heterocycles. The minimum atomic E-state index is -0.750. The van der Waals surface area contributed by atoms with Crippen LogP contribution in [-0.2, 0) is 39.8 Å². The summed E-state index contributed by atoms with van der Waals surface area (Å²) in [6.07, 6.45) is 9.24. The van der Waals surface area contributed by atoms with Crippen molar-refractivity contribution in [2.24, 2.45) is 13.0 Å². The van der Waals surface area contributed by atoms with Gasteiger partial charge in [-0.05, 0) is 112 Å². The van der Waals surface area contributed by atoms with E-state index >= 15 is 13.2 Å². The number of anilines is 2. The van der Waals surface area contributed by atoms with E-state index in [2.05, 4.69) is 56.3 Å². The molecule has 74 heavy (non-hydrogen) atoms. The van der Waals surface area contributed by atoms with E-state index in [0.29, 0.717) is 91.8 Å². The summed E-state index contributed by atoms with van der Waals surface area (Å²) in [6.45, 7) is 11.2. The van der Waals surface area contributed by atoms with Crippen LogP contribution in [0.2, 0.25) is 0 Å². The van der Waals surface area contributed by atoms with Gasteiger partial charge in [0, 0.05) is 131 Å². The summed E-state index contributed by atoms with van der Waals surface area (Å²) in [5.74, 6) is -2.68. The monoisotopic (exact) mass is 1010 g/mol. The van der Waals surface area contributed by atoms with Crippen LogP contribution in [0, 0.1) is 23.4 Å². The molecule has 2 aromatic carbocycles. The van der Waals surface area contributed by atoms with Crippen LogP contribution in [0.3, 0.4) is 0 Å². The van der Waals surface area contributed by atoms with Crippen molar-refractivity contribution >= 4 is 51.6 Å². The first-order valence-electron chi connectivity index (χ1n) is 26.3. The lowest BCUT2D eigenvalue weighted by Crippen LogP contribution is -2.54. The van der Waals surface area contributed by atoms with Gasteiger partial charge in [-0.25, -0.2) is 18.2 Å². The summed E-state index contributed by atoms with van der Waals surface area (Å²) in [6, 6.07) is 11.8. The fourth-order valence-corrected chi connectivity index (χ4v) is 13.0. The third-order valence-corrected chi connectivity index (χ3v) is 17.4. The molecule has 15 nitrogen and oxygen atoms in total. The van der Waals surface area contributed by atoms with Gasteiger partial charge in [0.15, 0.2) is 5.82 Å². The number of nitrogens with one attached hydrogen (secondary N) is 2.